The molecule has 1 fully saturated rings. The number of hydrogen-bond acceptors (Lipinski definition) is 5. The van der Waals surface area contributed by atoms with Gasteiger partial charge in [-0.15, -0.1) is 0 Å². The van der Waals surface area contributed by atoms with Crippen molar-refractivity contribution in [3.63, 3.8) is 0 Å². The number of rotatable bonds is 5. The highest BCUT2D eigenvalue weighted by atomic mass is 16.5. The van der Waals surface area contributed by atoms with Gasteiger partial charge >= 0.3 is 0 Å². The summed E-state index contributed by atoms with van der Waals surface area (Å²) in [6.07, 6.45) is 0. The number of carbonyl (C=O) groups excluding carboxylic acids is 1. The number of aryl methyl sites for hydroxylation is 1. The minimum Gasteiger partial charge on any atom is -0.379 e. The fraction of sp³-hybridized carbons (Fsp3) is 0.389. The van der Waals surface area contributed by atoms with Gasteiger partial charge in [0.25, 0.3) is 5.91 Å². The van der Waals surface area contributed by atoms with Crippen LogP contribution in [0.3, 0.4) is 0 Å². The summed E-state index contributed by atoms with van der Waals surface area (Å²) in [5, 5.41) is 7.05. The number of amides is 1. The van der Waals surface area contributed by atoms with Gasteiger partial charge in [0.2, 0.25) is 5.43 Å². The summed E-state index contributed by atoms with van der Waals surface area (Å²) in [4.78, 5) is 26.8. The molecule has 1 amide bonds. The van der Waals surface area contributed by atoms with Gasteiger partial charge in [-0.05, 0) is 19.1 Å². The second kappa shape index (κ2) is 8.04. The standard InChI is InChI=1S/C18H22N4O3/c1-14-13-16(23)17(20-22(14)15-5-3-2-4-6-15)18(24)19-7-8-21-9-11-25-12-10-21/h2-6,13H,7-12H2,1H3,(H,19,24). The number of hydrogen-bond donors (Lipinski definition) is 1. The molecule has 0 aliphatic carbocycles. The molecule has 0 saturated carbocycles. The molecule has 7 heteroatoms. The third-order valence-corrected chi connectivity index (χ3v) is 4.14. The molecule has 7 nitrogen and oxygen atoms in total. The molecule has 0 bridgehead atoms. The van der Waals surface area contributed by atoms with Crippen molar-refractivity contribution in [3.05, 3.63) is 58.0 Å². The average Bonchev–Trinajstić information content (AvgIpc) is 2.63. The van der Waals surface area contributed by atoms with Crippen molar-refractivity contribution in [1.29, 1.82) is 0 Å². The van der Waals surface area contributed by atoms with E-state index in [9.17, 15) is 9.59 Å². The van der Waals surface area contributed by atoms with Crippen LogP contribution >= 0.6 is 0 Å². The van der Waals surface area contributed by atoms with Crippen LogP contribution < -0.4 is 10.7 Å². The number of aromatic nitrogens is 2. The van der Waals surface area contributed by atoms with Crippen molar-refractivity contribution in [1.82, 2.24) is 20.0 Å². The summed E-state index contributed by atoms with van der Waals surface area (Å²) in [6.45, 7) is 6.15. The molecule has 1 aromatic carbocycles. The first-order valence-corrected chi connectivity index (χ1v) is 8.40. The van der Waals surface area contributed by atoms with E-state index in [4.69, 9.17) is 4.74 Å². The van der Waals surface area contributed by atoms with Crippen molar-refractivity contribution in [2.45, 2.75) is 6.92 Å². The predicted molar refractivity (Wildman–Crippen MR) is 94.2 cm³/mol. The predicted octanol–water partition coefficient (Wildman–Crippen LogP) is 0.603. The zero-order valence-corrected chi connectivity index (χ0v) is 14.3. The zero-order valence-electron chi connectivity index (χ0n) is 14.3. The second-order valence-electron chi connectivity index (χ2n) is 5.96. The number of carbonyl (C=O) groups is 1. The van der Waals surface area contributed by atoms with Gasteiger partial charge in [-0.1, -0.05) is 18.2 Å². The van der Waals surface area contributed by atoms with Crippen molar-refractivity contribution >= 4 is 5.91 Å². The summed E-state index contributed by atoms with van der Waals surface area (Å²) in [7, 11) is 0. The smallest absolute Gasteiger partial charge is 0.275 e. The number of nitrogens with one attached hydrogen (secondary N) is 1. The maximum atomic E-state index is 12.4. The van der Waals surface area contributed by atoms with Crippen LogP contribution in [-0.2, 0) is 4.74 Å². The SMILES string of the molecule is Cc1cc(=O)c(C(=O)NCCN2CCOCC2)nn1-c1ccccc1. The summed E-state index contributed by atoms with van der Waals surface area (Å²) < 4.78 is 6.90. The molecule has 0 spiro atoms. The summed E-state index contributed by atoms with van der Waals surface area (Å²) >= 11 is 0. The number of ether oxygens (including phenoxy) is 1. The minimum atomic E-state index is -0.442. The molecule has 0 radical (unpaired) electrons. The Hall–Kier alpha value is -2.51. The lowest BCUT2D eigenvalue weighted by Gasteiger charge is -2.26. The van der Waals surface area contributed by atoms with E-state index in [2.05, 4.69) is 15.3 Å². The van der Waals surface area contributed by atoms with Gasteiger partial charge in [0.15, 0.2) is 5.69 Å². The highest BCUT2D eigenvalue weighted by Crippen LogP contribution is 2.07. The third kappa shape index (κ3) is 4.32. The molecule has 1 aliphatic heterocycles. The Labute approximate surface area is 146 Å². The monoisotopic (exact) mass is 342 g/mol. The maximum Gasteiger partial charge on any atom is 0.275 e. The van der Waals surface area contributed by atoms with Crippen LogP contribution in [0.5, 0.6) is 0 Å². The van der Waals surface area contributed by atoms with E-state index in [0.29, 0.717) is 12.2 Å². The van der Waals surface area contributed by atoms with Gasteiger partial charge in [-0.25, -0.2) is 4.68 Å². The van der Waals surface area contributed by atoms with Crippen LogP contribution in [0.25, 0.3) is 5.69 Å². The number of para-hydroxylation sites is 1. The topological polar surface area (TPSA) is 76.5 Å². The van der Waals surface area contributed by atoms with Crippen LogP contribution in [0.2, 0.25) is 0 Å². The van der Waals surface area contributed by atoms with E-state index in [1.165, 1.54) is 6.07 Å². The zero-order chi connectivity index (χ0) is 17.6. The highest BCUT2D eigenvalue weighted by molar-refractivity contribution is 5.92. The molecule has 1 aromatic heterocycles. The Morgan fingerprint density at radius 1 is 1.24 bits per heavy atom. The van der Waals surface area contributed by atoms with Crippen LogP contribution in [0.4, 0.5) is 0 Å². The molecule has 2 heterocycles. The Kier molecular flexibility index (Phi) is 5.57. The molecule has 3 rings (SSSR count). The number of nitrogens with zero attached hydrogens (tertiary/aromatic N) is 3. The van der Waals surface area contributed by atoms with Crippen molar-refractivity contribution in [2.75, 3.05) is 39.4 Å². The van der Waals surface area contributed by atoms with Crippen LogP contribution in [0, 0.1) is 6.92 Å². The van der Waals surface area contributed by atoms with E-state index < -0.39 is 5.91 Å². The quantitative estimate of drug-likeness (QED) is 0.861. The highest BCUT2D eigenvalue weighted by Gasteiger charge is 2.16. The Morgan fingerprint density at radius 3 is 2.68 bits per heavy atom. The molecule has 0 atom stereocenters. The summed E-state index contributed by atoms with van der Waals surface area (Å²) in [5.41, 5.74) is 1.04. The number of benzene rings is 1. The Bertz CT molecular complexity index is 783. The first kappa shape index (κ1) is 17.3. The molecule has 25 heavy (non-hydrogen) atoms. The normalized spacial score (nSPS) is 15.1. The van der Waals surface area contributed by atoms with Crippen LogP contribution in [-0.4, -0.2) is 60.0 Å². The Morgan fingerprint density at radius 2 is 1.96 bits per heavy atom. The summed E-state index contributed by atoms with van der Waals surface area (Å²) in [5.74, 6) is -0.442. The lowest BCUT2D eigenvalue weighted by Crippen LogP contribution is -2.42. The van der Waals surface area contributed by atoms with Crippen molar-refractivity contribution in [3.8, 4) is 5.69 Å². The first-order chi connectivity index (χ1) is 12.1. The van der Waals surface area contributed by atoms with Gasteiger partial charge < -0.3 is 10.1 Å². The molecule has 1 N–H and O–H groups in total. The Balaban J connectivity index is 1.70. The lowest BCUT2D eigenvalue weighted by atomic mass is 10.2. The molecule has 0 unspecified atom stereocenters. The molecule has 2 aromatic rings. The van der Waals surface area contributed by atoms with Crippen LogP contribution in [0.15, 0.2) is 41.2 Å². The van der Waals surface area contributed by atoms with Crippen molar-refractivity contribution in [2.24, 2.45) is 0 Å². The lowest BCUT2D eigenvalue weighted by molar-refractivity contribution is 0.0383. The molecule has 1 aliphatic rings. The largest absolute Gasteiger partial charge is 0.379 e. The fourth-order valence-electron chi connectivity index (χ4n) is 2.77. The van der Waals surface area contributed by atoms with E-state index in [-0.39, 0.29) is 11.1 Å². The van der Waals surface area contributed by atoms with Crippen molar-refractivity contribution < 1.29 is 9.53 Å². The van der Waals surface area contributed by atoms with E-state index in [1.54, 1.807) is 11.6 Å². The van der Waals surface area contributed by atoms with Crippen LogP contribution in [0.1, 0.15) is 16.2 Å². The number of morpholine rings is 1. The summed E-state index contributed by atoms with van der Waals surface area (Å²) in [6, 6.07) is 10.9. The second-order valence-corrected chi connectivity index (χ2v) is 5.96. The van der Waals surface area contributed by atoms with Gasteiger partial charge in [0, 0.05) is 37.9 Å². The minimum absolute atomic E-state index is 0.0866. The third-order valence-electron chi connectivity index (χ3n) is 4.14. The van der Waals surface area contributed by atoms with E-state index in [1.807, 2.05) is 30.3 Å². The first-order valence-electron chi connectivity index (χ1n) is 8.40. The van der Waals surface area contributed by atoms with Gasteiger partial charge in [-0.2, -0.15) is 5.10 Å². The fourth-order valence-corrected chi connectivity index (χ4v) is 2.77. The molecular weight excluding hydrogens is 320 g/mol. The molecule has 1 saturated heterocycles. The van der Waals surface area contributed by atoms with E-state index in [0.717, 1.165) is 38.5 Å². The maximum absolute atomic E-state index is 12.4. The van der Waals surface area contributed by atoms with E-state index >= 15 is 0 Å². The van der Waals surface area contributed by atoms with Gasteiger partial charge in [0.1, 0.15) is 0 Å². The average molecular weight is 342 g/mol. The van der Waals surface area contributed by atoms with Gasteiger partial charge in [-0.3, -0.25) is 14.5 Å². The molecule has 132 valence electrons. The molecular formula is C18H22N4O3. The van der Waals surface area contributed by atoms with Gasteiger partial charge in [0.05, 0.1) is 18.9 Å².